The van der Waals surface area contributed by atoms with Gasteiger partial charge in [-0.15, -0.1) is 0 Å². The van der Waals surface area contributed by atoms with Crippen molar-refractivity contribution in [2.45, 2.75) is 20.0 Å². The van der Waals surface area contributed by atoms with E-state index >= 15 is 0 Å². The fourth-order valence-corrected chi connectivity index (χ4v) is 3.74. The second-order valence-electron chi connectivity index (χ2n) is 7.44. The average molecular weight is 432 g/mol. The van der Waals surface area contributed by atoms with E-state index in [2.05, 4.69) is 10.3 Å². The van der Waals surface area contributed by atoms with E-state index < -0.39 is 0 Å². The van der Waals surface area contributed by atoms with Gasteiger partial charge in [0.2, 0.25) is 0 Å². The molecule has 4 nitrogen and oxygen atoms in total. The summed E-state index contributed by atoms with van der Waals surface area (Å²) >= 11 is 5.66. The van der Waals surface area contributed by atoms with E-state index in [-0.39, 0.29) is 11.4 Å². The molecule has 0 bridgehead atoms. The Kier molecular flexibility index (Phi) is 6.09. The van der Waals surface area contributed by atoms with E-state index in [0.29, 0.717) is 29.5 Å². The molecule has 0 saturated heterocycles. The van der Waals surface area contributed by atoms with Gasteiger partial charge in [-0.25, -0.2) is 4.39 Å². The number of aryl methyl sites for hydroxylation is 1. The third-order valence-corrected chi connectivity index (χ3v) is 5.49. The first-order valence-electron chi connectivity index (χ1n) is 9.96. The summed E-state index contributed by atoms with van der Waals surface area (Å²) < 4.78 is 13.2. The van der Waals surface area contributed by atoms with E-state index in [0.717, 1.165) is 22.0 Å². The Morgan fingerprint density at radius 2 is 1.74 bits per heavy atom. The van der Waals surface area contributed by atoms with Crippen LogP contribution in [0.4, 0.5) is 10.1 Å². The highest BCUT2D eigenvalue weighted by Crippen LogP contribution is 2.18. The van der Waals surface area contributed by atoms with Gasteiger partial charge in [0, 0.05) is 17.8 Å². The quantitative estimate of drug-likeness (QED) is 0.417. The van der Waals surface area contributed by atoms with Crippen molar-refractivity contribution in [1.29, 1.82) is 0 Å². The molecule has 1 aromatic heterocycles. The van der Waals surface area contributed by atoms with Crippen LogP contribution in [0.1, 0.15) is 16.7 Å². The van der Waals surface area contributed by atoms with Crippen LogP contribution in [0.2, 0.25) is 0 Å². The monoisotopic (exact) mass is 431 g/mol. The number of pyridine rings is 1. The standard InChI is InChI=1S/C25H22FN3OS/c1-17-6-5-9-19-14-20(24(30)28-23(17)19)16-29(15-18-7-3-2-4-8-18)25(31)27-22-12-10-21(26)11-13-22/h2-14H,15-16H2,1H3,(H,27,31)(H,28,30). The number of para-hydroxylation sites is 1. The number of hydrogen-bond donors (Lipinski definition) is 2. The molecule has 6 heteroatoms. The molecule has 0 aliphatic carbocycles. The zero-order valence-electron chi connectivity index (χ0n) is 17.1. The van der Waals surface area contributed by atoms with Crippen LogP contribution in [0.3, 0.4) is 0 Å². The van der Waals surface area contributed by atoms with Crippen molar-refractivity contribution in [3.8, 4) is 0 Å². The lowest BCUT2D eigenvalue weighted by Gasteiger charge is -2.26. The molecule has 0 spiro atoms. The van der Waals surface area contributed by atoms with Crippen molar-refractivity contribution >= 4 is 33.9 Å². The summed E-state index contributed by atoms with van der Waals surface area (Å²) in [6.45, 7) is 2.84. The number of fused-ring (bicyclic) bond motifs is 1. The summed E-state index contributed by atoms with van der Waals surface area (Å²) in [6, 6.07) is 23.8. The number of hydrogen-bond acceptors (Lipinski definition) is 2. The minimum Gasteiger partial charge on any atom is -0.340 e. The summed E-state index contributed by atoms with van der Waals surface area (Å²) in [4.78, 5) is 17.7. The predicted molar refractivity (Wildman–Crippen MR) is 128 cm³/mol. The fraction of sp³-hybridized carbons (Fsp3) is 0.120. The van der Waals surface area contributed by atoms with Crippen LogP contribution >= 0.6 is 12.2 Å². The molecule has 0 atom stereocenters. The highest BCUT2D eigenvalue weighted by atomic mass is 32.1. The fourth-order valence-electron chi connectivity index (χ4n) is 3.49. The largest absolute Gasteiger partial charge is 0.340 e. The molecule has 0 saturated carbocycles. The molecule has 3 aromatic carbocycles. The number of thiocarbonyl (C=S) groups is 1. The van der Waals surface area contributed by atoms with Gasteiger partial charge in [-0.3, -0.25) is 4.79 Å². The minimum absolute atomic E-state index is 0.135. The van der Waals surface area contributed by atoms with Gasteiger partial charge in [-0.05, 0) is 66.0 Å². The van der Waals surface area contributed by atoms with Crippen molar-refractivity contribution in [2.24, 2.45) is 0 Å². The van der Waals surface area contributed by atoms with E-state index in [1.54, 1.807) is 12.1 Å². The summed E-state index contributed by atoms with van der Waals surface area (Å²) in [6.07, 6.45) is 0. The number of nitrogens with one attached hydrogen (secondary N) is 2. The van der Waals surface area contributed by atoms with Crippen LogP contribution in [0.5, 0.6) is 0 Å². The molecule has 4 rings (SSSR count). The van der Waals surface area contributed by atoms with Gasteiger partial charge < -0.3 is 15.2 Å². The summed E-state index contributed by atoms with van der Waals surface area (Å²) in [5.74, 6) is -0.310. The summed E-state index contributed by atoms with van der Waals surface area (Å²) in [5, 5.41) is 4.59. The first kappa shape index (κ1) is 20.8. The minimum atomic E-state index is -0.310. The number of rotatable bonds is 5. The second-order valence-corrected chi connectivity index (χ2v) is 7.83. The Balaban J connectivity index is 1.64. The third-order valence-electron chi connectivity index (χ3n) is 5.13. The Labute approximate surface area is 185 Å². The van der Waals surface area contributed by atoms with Crippen molar-refractivity contribution in [1.82, 2.24) is 9.88 Å². The van der Waals surface area contributed by atoms with Gasteiger partial charge in [0.1, 0.15) is 5.82 Å². The smallest absolute Gasteiger partial charge is 0.253 e. The predicted octanol–water partition coefficient (Wildman–Crippen LogP) is 5.37. The summed E-state index contributed by atoms with van der Waals surface area (Å²) in [5.41, 5.74) is 4.11. The molecule has 2 N–H and O–H groups in total. The molecular weight excluding hydrogens is 409 g/mol. The Morgan fingerprint density at radius 3 is 2.48 bits per heavy atom. The molecule has 4 aromatic rings. The number of H-pyrrole nitrogens is 1. The molecule has 31 heavy (non-hydrogen) atoms. The zero-order chi connectivity index (χ0) is 21.8. The van der Waals surface area contributed by atoms with Crippen LogP contribution < -0.4 is 10.9 Å². The molecule has 0 fully saturated rings. The van der Waals surface area contributed by atoms with Crippen molar-refractivity contribution < 1.29 is 4.39 Å². The molecule has 0 unspecified atom stereocenters. The topological polar surface area (TPSA) is 48.1 Å². The lowest BCUT2D eigenvalue weighted by molar-refractivity contribution is 0.411. The molecule has 0 radical (unpaired) electrons. The number of anilines is 1. The number of halogens is 1. The van der Waals surface area contributed by atoms with Gasteiger partial charge in [0.25, 0.3) is 5.56 Å². The van der Waals surface area contributed by atoms with Crippen LogP contribution in [0.25, 0.3) is 10.9 Å². The molecule has 0 aliphatic heterocycles. The van der Waals surface area contributed by atoms with E-state index in [4.69, 9.17) is 12.2 Å². The van der Waals surface area contributed by atoms with Gasteiger partial charge in [-0.2, -0.15) is 0 Å². The van der Waals surface area contributed by atoms with Crippen molar-refractivity contribution in [3.05, 3.63) is 112 Å². The second kappa shape index (κ2) is 9.10. The van der Waals surface area contributed by atoms with Crippen molar-refractivity contribution in [3.63, 3.8) is 0 Å². The first-order valence-corrected chi connectivity index (χ1v) is 10.4. The normalized spacial score (nSPS) is 10.8. The van der Waals surface area contributed by atoms with Gasteiger partial charge in [0.15, 0.2) is 5.11 Å². The Hall–Kier alpha value is -3.51. The number of benzene rings is 3. The molecule has 0 amide bonds. The highest BCUT2D eigenvalue weighted by Gasteiger charge is 2.15. The van der Waals surface area contributed by atoms with Crippen LogP contribution in [-0.2, 0) is 13.1 Å². The van der Waals surface area contributed by atoms with Gasteiger partial charge in [0.05, 0.1) is 12.1 Å². The van der Waals surface area contributed by atoms with Gasteiger partial charge >= 0.3 is 0 Å². The lowest BCUT2D eigenvalue weighted by atomic mass is 10.1. The number of aromatic nitrogens is 1. The van der Waals surface area contributed by atoms with Crippen LogP contribution in [-0.4, -0.2) is 15.0 Å². The van der Waals surface area contributed by atoms with E-state index in [1.165, 1.54) is 12.1 Å². The highest BCUT2D eigenvalue weighted by molar-refractivity contribution is 7.80. The maximum absolute atomic E-state index is 13.2. The van der Waals surface area contributed by atoms with Crippen LogP contribution in [0.15, 0.2) is 83.7 Å². The molecular formula is C25H22FN3OS. The van der Waals surface area contributed by atoms with Crippen molar-refractivity contribution in [2.75, 3.05) is 5.32 Å². The zero-order valence-corrected chi connectivity index (χ0v) is 17.9. The Morgan fingerprint density at radius 1 is 1.00 bits per heavy atom. The Bertz CT molecular complexity index is 1270. The first-order chi connectivity index (χ1) is 15.0. The average Bonchev–Trinajstić information content (AvgIpc) is 2.77. The molecule has 1 heterocycles. The summed E-state index contributed by atoms with van der Waals surface area (Å²) in [7, 11) is 0. The number of nitrogens with zero attached hydrogens (tertiary/aromatic N) is 1. The maximum Gasteiger partial charge on any atom is 0.253 e. The van der Waals surface area contributed by atoms with E-state index in [9.17, 15) is 9.18 Å². The maximum atomic E-state index is 13.2. The molecule has 156 valence electrons. The lowest BCUT2D eigenvalue weighted by Crippen LogP contribution is -2.35. The van der Waals surface area contributed by atoms with Crippen LogP contribution in [0, 0.1) is 12.7 Å². The number of aromatic amines is 1. The van der Waals surface area contributed by atoms with Gasteiger partial charge in [-0.1, -0.05) is 48.5 Å². The van der Waals surface area contributed by atoms with E-state index in [1.807, 2.05) is 66.4 Å². The third kappa shape index (κ3) is 4.98. The SMILES string of the molecule is Cc1cccc2cc(CN(Cc3ccccc3)C(=S)Nc3ccc(F)cc3)c(=O)[nH]c12. The molecule has 0 aliphatic rings.